The number of piperidine rings is 1. The first kappa shape index (κ1) is 19.8. The quantitative estimate of drug-likeness (QED) is 0.737. The summed E-state index contributed by atoms with van der Waals surface area (Å²) in [4.78, 5) is 16.1. The third-order valence-corrected chi connectivity index (χ3v) is 5.68. The van der Waals surface area contributed by atoms with Crippen LogP contribution < -0.4 is 5.32 Å². The van der Waals surface area contributed by atoms with Crippen LogP contribution in [0.1, 0.15) is 57.2 Å². The summed E-state index contributed by atoms with van der Waals surface area (Å²) in [7, 11) is -3.13. The van der Waals surface area contributed by atoms with Crippen molar-refractivity contribution in [3.8, 4) is 0 Å². The number of amides is 1. The fourth-order valence-corrected chi connectivity index (χ4v) is 3.67. The number of rotatable bonds is 8. The second-order valence-corrected chi connectivity index (χ2v) is 9.00. The molecular weight excluding hydrogens is 344 g/mol. The van der Waals surface area contributed by atoms with Crippen LogP contribution in [0.5, 0.6) is 0 Å². The van der Waals surface area contributed by atoms with E-state index in [-0.39, 0.29) is 11.8 Å². The number of hydrogen-bond donors (Lipinski definition) is 1. The van der Waals surface area contributed by atoms with Crippen molar-refractivity contribution in [2.45, 2.75) is 51.9 Å². The molecule has 2 heterocycles. The Morgan fingerprint density at radius 1 is 1.36 bits per heavy atom. The molecule has 0 unspecified atom stereocenters. The van der Waals surface area contributed by atoms with E-state index in [2.05, 4.69) is 29.3 Å². The molecule has 2 rings (SSSR count). The zero-order valence-corrected chi connectivity index (χ0v) is 16.0. The van der Waals surface area contributed by atoms with Crippen LogP contribution in [0.15, 0.2) is 4.52 Å². The molecular formula is C16H28N4O4S. The molecule has 25 heavy (non-hydrogen) atoms. The standard InChI is InChI=1S/C16H28N4O4S/c1-12(2)4-5-14(21)17-9-6-15-18-16(19-24-15)13-7-10-20(11-8-13)25(3,22)23/h12-13H,4-11H2,1-3H3,(H,17,21). The lowest BCUT2D eigenvalue weighted by molar-refractivity contribution is -0.121. The number of sulfonamides is 1. The van der Waals surface area contributed by atoms with Crippen molar-refractivity contribution in [1.82, 2.24) is 19.8 Å². The molecule has 1 aliphatic heterocycles. The normalized spacial score (nSPS) is 17.1. The molecule has 142 valence electrons. The molecule has 1 fully saturated rings. The molecule has 0 spiro atoms. The average Bonchev–Trinajstić information content (AvgIpc) is 3.01. The number of carbonyl (C=O) groups excluding carboxylic acids is 1. The van der Waals surface area contributed by atoms with Crippen molar-refractivity contribution >= 4 is 15.9 Å². The zero-order valence-electron chi connectivity index (χ0n) is 15.2. The highest BCUT2D eigenvalue weighted by Gasteiger charge is 2.28. The molecule has 0 aromatic carbocycles. The minimum absolute atomic E-state index is 0.0431. The number of aromatic nitrogens is 2. The molecule has 1 aromatic rings. The fourth-order valence-electron chi connectivity index (χ4n) is 2.80. The van der Waals surface area contributed by atoms with E-state index in [1.807, 2.05) is 0 Å². The Hall–Kier alpha value is -1.48. The molecule has 1 aliphatic rings. The van der Waals surface area contributed by atoms with Gasteiger partial charge in [0.15, 0.2) is 5.82 Å². The van der Waals surface area contributed by atoms with Crippen LogP contribution in [-0.2, 0) is 21.2 Å². The third-order valence-electron chi connectivity index (χ3n) is 4.38. The summed E-state index contributed by atoms with van der Waals surface area (Å²) in [5.41, 5.74) is 0. The van der Waals surface area contributed by atoms with Gasteiger partial charge in [-0.1, -0.05) is 19.0 Å². The van der Waals surface area contributed by atoms with E-state index in [1.165, 1.54) is 10.6 Å². The number of nitrogens with zero attached hydrogens (tertiary/aromatic N) is 3. The van der Waals surface area contributed by atoms with E-state index in [0.29, 0.717) is 63.0 Å². The Kier molecular flexibility index (Phi) is 6.95. The lowest BCUT2D eigenvalue weighted by Crippen LogP contribution is -2.37. The van der Waals surface area contributed by atoms with E-state index in [1.54, 1.807) is 0 Å². The molecule has 0 saturated carbocycles. The zero-order chi connectivity index (χ0) is 18.4. The summed E-state index contributed by atoms with van der Waals surface area (Å²) in [6.45, 7) is 5.63. The summed E-state index contributed by atoms with van der Waals surface area (Å²) < 4.78 is 29.8. The maximum Gasteiger partial charge on any atom is 0.228 e. The summed E-state index contributed by atoms with van der Waals surface area (Å²) in [6.07, 6.45) is 4.53. The number of nitrogens with one attached hydrogen (secondary N) is 1. The molecule has 9 heteroatoms. The first-order valence-corrected chi connectivity index (χ1v) is 10.6. The smallest absolute Gasteiger partial charge is 0.228 e. The third kappa shape index (κ3) is 6.39. The van der Waals surface area contributed by atoms with E-state index >= 15 is 0 Å². The van der Waals surface area contributed by atoms with Crippen LogP contribution >= 0.6 is 0 Å². The summed E-state index contributed by atoms with van der Waals surface area (Å²) in [5.74, 6) is 1.81. The highest BCUT2D eigenvalue weighted by Crippen LogP contribution is 2.26. The van der Waals surface area contributed by atoms with Crippen LogP contribution in [0, 0.1) is 5.92 Å². The van der Waals surface area contributed by atoms with Gasteiger partial charge in [0, 0.05) is 38.4 Å². The van der Waals surface area contributed by atoms with Crippen molar-refractivity contribution in [2.24, 2.45) is 5.92 Å². The predicted octanol–water partition coefficient (Wildman–Crippen LogP) is 1.30. The molecule has 1 amide bonds. The molecule has 0 bridgehead atoms. The monoisotopic (exact) mass is 372 g/mol. The van der Waals surface area contributed by atoms with Crippen LogP contribution in [-0.4, -0.2) is 54.7 Å². The maximum atomic E-state index is 11.7. The molecule has 0 radical (unpaired) electrons. The Morgan fingerprint density at radius 3 is 2.64 bits per heavy atom. The summed E-state index contributed by atoms with van der Waals surface area (Å²) in [6, 6.07) is 0. The minimum atomic E-state index is -3.13. The van der Waals surface area contributed by atoms with E-state index in [4.69, 9.17) is 4.52 Å². The first-order chi connectivity index (χ1) is 11.8. The fraction of sp³-hybridized carbons (Fsp3) is 0.812. The molecule has 1 aromatic heterocycles. The van der Waals surface area contributed by atoms with E-state index < -0.39 is 10.0 Å². The predicted molar refractivity (Wildman–Crippen MR) is 93.5 cm³/mol. The van der Waals surface area contributed by atoms with Gasteiger partial charge in [-0.2, -0.15) is 4.98 Å². The van der Waals surface area contributed by atoms with Gasteiger partial charge in [-0.3, -0.25) is 4.79 Å². The van der Waals surface area contributed by atoms with Crippen molar-refractivity contribution in [1.29, 1.82) is 0 Å². The van der Waals surface area contributed by atoms with Crippen LogP contribution in [0.25, 0.3) is 0 Å². The van der Waals surface area contributed by atoms with Crippen LogP contribution in [0.2, 0.25) is 0 Å². The van der Waals surface area contributed by atoms with Crippen molar-refractivity contribution in [3.63, 3.8) is 0 Å². The van der Waals surface area contributed by atoms with Gasteiger partial charge in [-0.05, 0) is 25.2 Å². The van der Waals surface area contributed by atoms with Gasteiger partial charge < -0.3 is 9.84 Å². The summed E-state index contributed by atoms with van der Waals surface area (Å²) >= 11 is 0. The van der Waals surface area contributed by atoms with E-state index in [0.717, 1.165) is 6.42 Å². The molecule has 1 saturated heterocycles. The lowest BCUT2D eigenvalue weighted by atomic mass is 9.97. The number of carbonyl (C=O) groups is 1. The van der Waals surface area contributed by atoms with Gasteiger partial charge in [-0.25, -0.2) is 12.7 Å². The molecule has 1 N–H and O–H groups in total. The van der Waals surface area contributed by atoms with Gasteiger partial charge in [0.1, 0.15) is 0 Å². The van der Waals surface area contributed by atoms with Gasteiger partial charge in [0.05, 0.1) is 6.26 Å². The highest BCUT2D eigenvalue weighted by atomic mass is 32.2. The highest BCUT2D eigenvalue weighted by molar-refractivity contribution is 7.88. The Labute approximate surface area is 149 Å². The molecule has 0 aliphatic carbocycles. The molecule has 8 nitrogen and oxygen atoms in total. The molecule has 0 atom stereocenters. The minimum Gasteiger partial charge on any atom is -0.356 e. The van der Waals surface area contributed by atoms with Crippen molar-refractivity contribution in [2.75, 3.05) is 25.9 Å². The second kappa shape index (κ2) is 8.75. The van der Waals surface area contributed by atoms with Gasteiger partial charge in [0.2, 0.25) is 21.8 Å². The largest absolute Gasteiger partial charge is 0.356 e. The van der Waals surface area contributed by atoms with Crippen molar-refractivity contribution < 1.29 is 17.7 Å². The first-order valence-electron chi connectivity index (χ1n) is 8.80. The Morgan fingerprint density at radius 2 is 2.04 bits per heavy atom. The average molecular weight is 372 g/mol. The van der Waals surface area contributed by atoms with Crippen LogP contribution in [0.3, 0.4) is 0 Å². The van der Waals surface area contributed by atoms with Gasteiger partial charge in [-0.15, -0.1) is 0 Å². The van der Waals surface area contributed by atoms with Gasteiger partial charge >= 0.3 is 0 Å². The Bertz CT molecular complexity index is 663. The topological polar surface area (TPSA) is 105 Å². The van der Waals surface area contributed by atoms with Crippen molar-refractivity contribution in [3.05, 3.63) is 11.7 Å². The summed E-state index contributed by atoms with van der Waals surface area (Å²) in [5, 5.41) is 6.88. The number of hydrogen-bond acceptors (Lipinski definition) is 6. The SMILES string of the molecule is CC(C)CCC(=O)NCCc1nc(C2CCN(S(C)(=O)=O)CC2)no1. The van der Waals surface area contributed by atoms with Crippen LogP contribution in [0.4, 0.5) is 0 Å². The Balaban J connectivity index is 1.74. The lowest BCUT2D eigenvalue weighted by Gasteiger charge is -2.28. The second-order valence-electron chi connectivity index (χ2n) is 7.02. The maximum absolute atomic E-state index is 11.7. The van der Waals surface area contributed by atoms with E-state index in [9.17, 15) is 13.2 Å². The van der Waals surface area contributed by atoms with Gasteiger partial charge in [0.25, 0.3) is 0 Å².